The van der Waals surface area contributed by atoms with Gasteiger partial charge in [0.25, 0.3) is 0 Å². The van der Waals surface area contributed by atoms with Crippen molar-refractivity contribution in [2.24, 2.45) is 5.92 Å². The zero-order valence-corrected chi connectivity index (χ0v) is 18.3. The molecule has 1 amide bonds. The fourth-order valence-electron chi connectivity index (χ4n) is 3.72. The molecule has 30 heavy (non-hydrogen) atoms. The van der Waals surface area contributed by atoms with Crippen LogP contribution in [0.5, 0.6) is 0 Å². The Bertz CT molecular complexity index is 877. The highest BCUT2D eigenvalue weighted by atomic mass is 16.2. The number of benzene rings is 2. The van der Waals surface area contributed by atoms with Gasteiger partial charge in [-0.1, -0.05) is 38.1 Å². The lowest BCUT2D eigenvalue weighted by Gasteiger charge is -2.34. The quantitative estimate of drug-likeness (QED) is 0.642. The van der Waals surface area contributed by atoms with Crippen LogP contribution in [-0.4, -0.2) is 50.6 Å². The summed E-state index contributed by atoms with van der Waals surface area (Å²) in [6.45, 7) is 8.55. The highest BCUT2D eigenvalue weighted by Crippen LogP contribution is 2.28. The molecule has 3 rings (SSSR count). The minimum absolute atomic E-state index is 0.00724. The fraction of sp³-hybridized carbons (Fsp3) is 0.440. The van der Waals surface area contributed by atoms with Gasteiger partial charge < -0.3 is 9.80 Å². The molecule has 0 radical (unpaired) electrons. The maximum atomic E-state index is 12.7. The summed E-state index contributed by atoms with van der Waals surface area (Å²) in [5.74, 6) is 0.468. The monoisotopic (exact) mass is 404 g/mol. The first-order valence-electron chi connectivity index (χ1n) is 10.8. The molecular formula is C25H32N4O. The van der Waals surface area contributed by atoms with Crippen LogP contribution in [0.3, 0.4) is 0 Å². The maximum absolute atomic E-state index is 12.7. The summed E-state index contributed by atoms with van der Waals surface area (Å²) < 4.78 is 0. The standard InChI is InChI=1S/C25H32N4O/c1-20(2)7-12-25(30)29(14-13-26)24-6-4-5-22(19-24)21-8-10-23(11-9-21)28-17-15-27(3)16-18-28/h4-6,8-11,19-20H,7,12,14-18H2,1-3H3. The van der Waals surface area contributed by atoms with Crippen molar-refractivity contribution in [2.45, 2.75) is 26.7 Å². The number of nitriles is 1. The molecule has 1 fully saturated rings. The number of piperazine rings is 1. The Balaban J connectivity index is 1.76. The van der Waals surface area contributed by atoms with E-state index >= 15 is 0 Å². The molecule has 158 valence electrons. The van der Waals surface area contributed by atoms with Gasteiger partial charge >= 0.3 is 0 Å². The Morgan fingerprint density at radius 3 is 2.40 bits per heavy atom. The highest BCUT2D eigenvalue weighted by molar-refractivity contribution is 5.94. The van der Waals surface area contributed by atoms with Crippen LogP contribution >= 0.6 is 0 Å². The van der Waals surface area contributed by atoms with E-state index in [0.29, 0.717) is 12.3 Å². The predicted molar refractivity (Wildman–Crippen MR) is 124 cm³/mol. The van der Waals surface area contributed by atoms with E-state index in [1.165, 1.54) is 5.69 Å². The number of rotatable bonds is 7. The summed E-state index contributed by atoms with van der Waals surface area (Å²) in [7, 11) is 2.16. The van der Waals surface area contributed by atoms with Crippen LogP contribution in [0.2, 0.25) is 0 Å². The van der Waals surface area contributed by atoms with Crippen LogP contribution in [0.15, 0.2) is 48.5 Å². The van der Waals surface area contributed by atoms with Gasteiger partial charge in [-0.3, -0.25) is 9.69 Å². The molecule has 0 spiro atoms. The van der Waals surface area contributed by atoms with Crippen molar-refractivity contribution >= 4 is 17.3 Å². The van der Waals surface area contributed by atoms with E-state index in [-0.39, 0.29) is 12.5 Å². The molecule has 0 aromatic heterocycles. The second kappa shape index (κ2) is 10.3. The number of hydrogen-bond acceptors (Lipinski definition) is 4. The smallest absolute Gasteiger partial charge is 0.227 e. The van der Waals surface area contributed by atoms with Gasteiger partial charge in [0.15, 0.2) is 0 Å². The molecule has 0 aliphatic carbocycles. The Kier molecular flexibility index (Phi) is 7.48. The first kappa shape index (κ1) is 21.9. The molecule has 5 nitrogen and oxygen atoms in total. The minimum atomic E-state index is 0.00724. The van der Waals surface area contributed by atoms with Crippen molar-refractivity contribution in [2.75, 3.05) is 49.6 Å². The van der Waals surface area contributed by atoms with Gasteiger partial charge in [-0.25, -0.2) is 0 Å². The van der Waals surface area contributed by atoms with E-state index in [2.05, 4.69) is 67.1 Å². The van der Waals surface area contributed by atoms with Gasteiger partial charge in [0.05, 0.1) is 6.07 Å². The Hall–Kier alpha value is -2.84. The topological polar surface area (TPSA) is 50.6 Å². The third-order valence-corrected chi connectivity index (χ3v) is 5.69. The van der Waals surface area contributed by atoms with E-state index in [4.69, 9.17) is 0 Å². The SMILES string of the molecule is CC(C)CCC(=O)N(CC#N)c1cccc(-c2ccc(N3CCN(C)CC3)cc2)c1. The second-order valence-electron chi connectivity index (χ2n) is 8.46. The third kappa shape index (κ3) is 5.61. The molecule has 5 heteroatoms. The summed E-state index contributed by atoms with van der Waals surface area (Å²) in [6.07, 6.45) is 1.29. The molecular weight excluding hydrogens is 372 g/mol. The number of carbonyl (C=O) groups excluding carboxylic acids is 1. The Labute approximate surface area is 180 Å². The summed E-state index contributed by atoms with van der Waals surface area (Å²) >= 11 is 0. The number of anilines is 2. The first-order chi connectivity index (χ1) is 14.5. The van der Waals surface area contributed by atoms with Crippen LogP contribution in [0.4, 0.5) is 11.4 Å². The lowest BCUT2D eigenvalue weighted by molar-refractivity contribution is -0.118. The maximum Gasteiger partial charge on any atom is 0.227 e. The normalized spacial score (nSPS) is 14.6. The van der Waals surface area contributed by atoms with Crippen LogP contribution in [-0.2, 0) is 4.79 Å². The van der Waals surface area contributed by atoms with Crippen molar-refractivity contribution in [3.8, 4) is 17.2 Å². The first-order valence-corrected chi connectivity index (χ1v) is 10.8. The molecule has 2 aromatic carbocycles. The molecule has 0 atom stereocenters. The molecule has 1 aliphatic heterocycles. The van der Waals surface area contributed by atoms with Gasteiger partial charge in [-0.05, 0) is 54.8 Å². The number of nitrogens with zero attached hydrogens (tertiary/aromatic N) is 4. The fourth-order valence-corrected chi connectivity index (χ4v) is 3.72. The summed E-state index contributed by atoms with van der Waals surface area (Å²) in [4.78, 5) is 19.1. The van der Waals surface area contributed by atoms with E-state index in [1.807, 2.05) is 18.2 Å². The predicted octanol–water partition coefficient (Wildman–Crippen LogP) is 4.40. The Morgan fingerprint density at radius 2 is 1.77 bits per heavy atom. The lowest BCUT2D eigenvalue weighted by Crippen LogP contribution is -2.44. The van der Waals surface area contributed by atoms with Crippen LogP contribution in [0.25, 0.3) is 11.1 Å². The van der Waals surface area contributed by atoms with Crippen molar-refractivity contribution in [1.29, 1.82) is 5.26 Å². The van der Waals surface area contributed by atoms with E-state index in [0.717, 1.165) is 49.4 Å². The van der Waals surface area contributed by atoms with Gasteiger partial charge in [0.1, 0.15) is 6.54 Å². The molecule has 0 unspecified atom stereocenters. The molecule has 0 saturated carbocycles. The third-order valence-electron chi connectivity index (χ3n) is 5.69. The van der Waals surface area contributed by atoms with Gasteiger partial charge in [-0.2, -0.15) is 5.26 Å². The average molecular weight is 405 g/mol. The van der Waals surface area contributed by atoms with Crippen molar-refractivity contribution in [3.05, 3.63) is 48.5 Å². The van der Waals surface area contributed by atoms with E-state index < -0.39 is 0 Å². The zero-order valence-electron chi connectivity index (χ0n) is 18.3. The Morgan fingerprint density at radius 1 is 1.07 bits per heavy atom. The van der Waals surface area contributed by atoms with Gasteiger partial charge in [0, 0.05) is 44.0 Å². The number of carbonyl (C=O) groups is 1. The zero-order chi connectivity index (χ0) is 21.5. The van der Waals surface area contributed by atoms with Crippen molar-refractivity contribution < 1.29 is 4.79 Å². The largest absolute Gasteiger partial charge is 0.369 e. The highest BCUT2D eigenvalue weighted by Gasteiger charge is 2.17. The van der Waals surface area contributed by atoms with Crippen molar-refractivity contribution in [3.63, 3.8) is 0 Å². The summed E-state index contributed by atoms with van der Waals surface area (Å²) in [5, 5.41) is 9.23. The summed E-state index contributed by atoms with van der Waals surface area (Å²) in [6, 6.07) is 18.7. The minimum Gasteiger partial charge on any atom is -0.369 e. The molecule has 1 aliphatic rings. The average Bonchev–Trinajstić information content (AvgIpc) is 2.76. The molecule has 0 bridgehead atoms. The van der Waals surface area contributed by atoms with Crippen LogP contribution in [0, 0.1) is 17.2 Å². The summed E-state index contributed by atoms with van der Waals surface area (Å²) in [5.41, 5.74) is 4.20. The van der Waals surface area contributed by atoms with Crippen molar-refractivity contribution in [1.82, 2.24) is 4.90 Å². The van der Waals surface area contributed by atoms with Crippen LogP contribution < -0.4 is 9.80 Å². The molecule has 0 N–H and O–H groups in total. The number of hydrogen-bond donors (Lipinski definition) is 0. The number of likely N-dealkylation sites (N-methyl/N-ethyl adjacent to an activating group) is 1. The van der Waals surface area contributed by atoms with Crippen LogP contribution in [0.1, 0.15) is 26.7 Å². The van der Waals surface area contributed by atoms with E-state index in [1.54, 1.807) is 4.90 Å². The molecule has 1 heterocycles. The van der Waals surface area contributed by atoms with Gasteiger partial charge in [0.2, 0.25) is 5.91 Å². The molecule has 2 aromatic rings. The van der Waals surface area contributed by atoms with Gasteiger partial charge in [-0.15, -0.1) is 0 Å². The second-order valence-corrected chi connectivity index (χ2v) is 8.46. The van der Waals surface area contributed by atoms with E-state index in [9.17, 15) is 10.1 Å². The molecule has 1 saturated heterocycles. The number of amides is 1. The lowest BCUT2D eigenvalue weighted by atomic mass is 10.0.